The molecule has 2 aromatic rings. The lowest BCUT2D eigenvalue weighted by Gasteiger charge is -2.34. The van der Waals surface area contributed by atoms with Gasteiger partial charge in [0.05, 0.1) is 12.1 Å². The Hall–Kier alpha value is -2.96. The number of nitrogens with zero attached hydrogens (tertiary/aromatic N) is 2. The van der Waals surface area contributed by atoms with Gasteiger partial charge in [-0.1, -0.05) is 92.8 Å². The van der Waals surface area contributed by atoms with Crippen LogP contribution in [0.1, 0.15) is 65.6 Å². The highest BCUT2D eigenvalue weighted by molar-refractivity contribution is 6.67. The van der Waals surface area contributed by atoms with Crippen LogP contribution < -0.4 is 10.7 Å². The van der Waals surface area contributed by atoms with Crippen molar-refractivity contribution in [3.63, 3.8) is 0 Å². The number of esters is 1. The number of hydrogen-bond donors (Lipinski definition) is 3. The number of hydrogen-bond acceptors (Lipinski definition) is 8. The molecular formula is C33H45Cl3N4O7. The number of carbonyl (C=O) groups is 4. The van der Waals surface area contributed by atoms with E-state index in [1.165, 1.54) is 5.01 Å². The number of aliphatic carboxylic acids is 1. The Labute approximate surface area is 291 Å². The Bertz CT molecular complexity index is 1400. The zero-order valence-corrected chi connectivity index (χ0v) is 29.9. The zero-order valence-electron chi connectivity index (χ0n) is 27.6. The van der Waals surface area contributed by atoms with Gasteiger partial charge in [-0.3, -0.25) is 29.2 Å². The monoisotopic (exact) mass is 714 g/mol. The summed E-state index contributed by atoms with van der Waals surface area (Å²) in [4.78, 5) is 52.3. The summed E-state index contributed by atoms with van der Waals surface area (Å²) in [5, 5.41) is 12.6. The molecule has 4 atom stereocenters. The lowest BCUT2D eigenvalue weighted by atomic mass is 10.0. The largest absolute Gasteiger partial charge is 0.481 e. The highest BCUT2D eigenvalue weighted by Gasteiger charge is 2.34. The normalized spacial score (nSPS) is 17.1. The summed E-state index contributed by atoms with van der Waals surface area (Å²) in [7, 11) is 0. The summed E-state index contributed by atoms with van der Waals surface area (Å²) in [6.45, 7) is 10.9. The third-order valence-corrected chi connectivity index (χ3v) is 7.33. The van der Waals surface area contributed by atoms with E-state index in [0.717, 1.165) is 35.5 Å². The lowest BCUT2D eigenvalue weighted by molar-refractivity contribution is -0.153. The molecule has 1 saturated heterocycles. The molecule has 0 saturated carbocycles. The summed E-state index contributed by atoms with van der Waals surface area (Å²) < 4.78 is 9.35. The number of nitrogens with one attached hydrogen (secondary N) is 2. The van der Waals surface area contributed by atoms with Crippen molar-refractivity contribution >= 4 is 75.5 Å². The van der Waals surface area contributed by atoms with Crippen LogP contribution in [0.25, 0.3) is 17.0 Å². The second-order valence-electron chi connectivity index (χ2n) is 11.7. The minimum absolute atomic E-state index is 0.0366. The number of ether oxygens (including phenoxy) is 2. The molecule has 3 N–H and O–H groups in total. The number of carbonyl (C=O) groups excluding carboxylic acids is 3. The SMILES string of the molecule is CC(=O)O.CCc1ccc2ccc(/C=C/C(C)COC(C(=O)NC(C)C(=O)N3CCCC(C(=O)OCC(Cl)(Cl)Cl)N3)C(C)C)cc2n1. The van der Waals surface area contributed by atoms with Gasteiger partial charge in [-0.15, -0.1) is 0 Å². The number of carboxylic acids is 1. The number of alkyl halides is 3. The molecule has 1 aliphatic heterocycles. The Morgan fingerprint density at radius 1 is 1.15 bits per heavy atom. The van der Waals surface area contributed by atoms with Crippen molar-refractivity contribution in [1.82, 2.24) is 20.7 Å². The number of fused-ring (bicyclic) bond motifs is 1. The van der Waals surface area contributed by atoms with Crippen LogP contribution in [0.5, 0.6) is 0 Å². The molecule has 2 amide bonds. The minimum atomic E-state index is -1.73. The molecule has 2 heterocycles. The van der Waals surface area contributed by atoms with E-state index in [0.29, 0.717) is 26.0 Å². The maximum Gasteiger partial charge on any atom is 0.325 e. The van der Waals surface area contributed by atoms with E-state index in [9.17, 15) is 14.4 Å². The number of pyridine rings is 1. The van der Waals surface area contributed by atoms with Crippen molar-refractivity contribution in [1.29, 1.82) is 0 Å². The van der Waals surface area contributed by atoms with Crippen molar-refractivity contribution in [2.75, 3.05) is 19.8 Å². The van der Waals surface area contributed by atoms with E-state index in [1.54, 1.807) is 6.92 Å². The van der Waals surface area contributed by atoms with Crippen LogP contribution in [0.15, 0.2) is 36.4 Å². The van der Waals surface area contributed by atoms with E-state index in [2.05, 4.69) is 41.9 Å². The number of hydrazine groups is 1. The molecule has 3 rings (SSSR count). The first-order valence-electron chi connectivity index (χ1n) is 15.5. The van der Waals surface area contributed by atoms with Crippen LogP contribution in [-0.4, -0.2) is 80.6 Å². The molecule has 1 aliphatic rings. The van der Waals surface area contributed by atoms with Gasteiger partial charge in [0.2, 0.25) is 9.70 Å². The number of amides is 2. The van der Waals surface area contributed by atoms with Gasteiger partial charge in [-0.25, -0.2) is 5.43 Å². The van der Waals surface area contributed by atoms with Crippen LogP contribution in [0, 0.1) is 11.8 Å². The second kappa shape index (κ2) is 19.1. The first-order valence-corrected chi connectivity index (χ1v) is 16.6. The summed E-state index contributed by atoms with van der Waals surface area (Å²) in [6.07, 6.45) is 5.23. The van der Waals surface area contributed by atoms with Crippen LogP contribution in [0.4, 0.5) is 0 Å². The third kappa shape index (κ3) is 14.4. The zero-order chi connectivity index (χ0) is 35.3. The fraction of sp³-hybridized carbons (Fsp3) is 0.545. The molecule has 0 spiro atoms. The quantitative estimate of drug-likeness (QED) is 0.192. The van der Waals surface area contributed by atoms with Gasteiger partial charge in [0.15, 0.2) is 0 Å². The topological polar surface area (TPSA) is 147 Å². The molecule has 0 aliphatic carbocycles. The molecule has 11 nitrogen and oxygen atoms in total. The molecule has 0 radical (unpaired) electrons. The fourth-order valence-electron chi connectivity index (χ4n) is 4.59. The molecule has 14 heteroatoms. The summed E-state index contributed by atoms with van der Waals surface area (Å²) in [5.41, 5.74) is 5.92. The van der Waals surface area contributed by atoms with Crippen molar-refractivity contribution in [3.05, 3.63) is 47.7 Å². The van der Waals surface area contributed by atoms with Crippen LogP contribution >= 0.6 is 34.8 Å². The van der Waals surface area contributed by atoms with Crippen molar-refractivity contribution in [2.45, 2.75) is 82.8 Å². The standard InChI is InChI=1S/C31H41Cl3N4O5.C2H4O2/c1-6-24-14-13-23-12-11-22(16-26(23)36-24)10-9-20(4)17-42-27(19(2)3)28(39)35-21(5)29(40)38-15-7-8-25(37-38)30(41)43-18-31(32,33)34;1-2(3)4/h9-14,16,19-21,25,27,37H,6-8,15,17-18H2,1-5H3,(H,35,39);1H3,(H,3,4)/b10-9+;. The Morgan fingerprint density at radius 2 is 1.81 bits per heavy atom. The van der Waals surface area contributed by atoms with Crippen molar-refractivity contribution < 1.29 is 33.8 Å². The van der Waals surface area contributed by atoms with Gasteiger partial charge in [-0.05, 0) is 55.7 Å². The van der Waals surface area contributed by atoms with Crippen molar-refractivity contribution in [3.8, 4) is 0 Å². The van der Waals surface area contributed by atoms with E-state index in [1.807, 2.05) is 39.0 Å². The summed E-state index contributed by atoms with van der Waals surface area (Å²) >= 11 is 17.0. The highest BCUT2D eigenvalue weighted by atomic mass is 35.6. The number of aryl methyl sites for hydroxylation is 1. The Morgan fingerprint density at radius 3 is 2.43 bits per heavy atom. The number of carboxylic acid groups (broad SMARTS) is 1. The first kappa shape index (κ1) is 40.2. The fourth-order valence-corrected chi connectivity index (χ4v) is 4.76. The van der Waals surface area contributed by atoms with Gasteiger partial charge >= 0.3 is 5.97 Å². The highest BCUT2D eigenvalue weighted by Crippen LogP contribution is 2.26. The van der Waals surface area contributed by atoms with Gasteiger partial charge in [-0.2, -0.15) is 0 Å². The molecule has 1 aromatic carbocycles. The molecule has 0 bridgehead atoms. The lowest BCUT2D eigenvalue weighted by Crippen LogP contribution is -2.60. The maximum atomic E-state index is 13.1. The third-order valence-electron chi connectivity index (χ3n) is 7.00. The molecule has 4 unspecified atom stereocenters. The van der Waals surface area contributed by atoms with Gasteiger partial charge in [0, 0.05) is 24.5 Å². The summed E-state index contributed by atoms with van der Waals surface area (Å²) in [6, 6.07) is 8.68. The number of rotatable bonds is 12. The molecule has 47 heavy (non-hydrogen) atoms. The Balaban J connectivity index is 0.00000181. The van der Waals surface area contributed by atoms with Crippen LogP contribution in [-0.2, 0) is 35.1 Å². The van der Waals surface area contributed by atoms with Gasteiger partial charge < -0.3 is 19.9 Å². The molecule has 260 valence electrons. The van der Waals surface area contributed by atoms with E-state index >= 15 is 0 Å². The number of halogens is 3. The Kier molecular flexibility index (Phi) is 16.4. The molecule has 1 aromatic heterocycles. The van der Waals surface area contributed by atoms with E-state index in [4.69, 9.17) is 59.2 Å². The number of benzene rings is 1. The summed E-state index contributed by atoms with van der Waals surface area (Å²) in [5.74, 6) is -2.31. The van der Waals surface area contributed by atoms with Crippen LogP contribution in [0.3, 0.4) is 0 Å². The smallest absolute Gasteiger partial charge is 0.325 e. The molecule has 1 fully saturated rings. The minimum Gasteiger partial charge on any atom is -0.481 e. The predicted molar refractivity (Wildman–Crippen MR) is 184 cm³/mol. The van der Waals surface area contributed by atoms with Crippen molar-refractivity contribution in [2.24, 2.45) is 11.8 Å². The predicted octanol–water partition coefficient (Wildman–Crippen LogP) is 5.49. The average molecular weight is 716 g/mol. The number of aromatic nitrogens is 1. The molecular weight excluding hydrogens is 671 g/mol. The average Bonchev–Trinajstić information content (AvgIpc) is 3.01. The van der Waals surface area contributed by atoms with Gasteiger partial charge in [0.25, 0.3) is 11.9 Å². The first-order chi connectivity index (χ1) is 22.0. The van der Waals surface area contributed by atoms with E-state index in [-0.39, 0.29) is 23.7 Å². The van der Waals surface area contributed by atoms with Crippen LogP contribution in [0.2, 0.25) is 0 Å². The maximum absolute atomic E-state index is 13.1. The van der Waals surface area contributed by atoms with Gasteiger partial charge in [0.1, 0.15) is 24.8 Å². The van der Waals surface area contributed by atoms with E-state index < -0.39 is 40.5 Å². The second-order valence-corrected chi connectivity index (χ2v) is 14.2.